The first kappa shape index (κ1) is 12.3. The summed E-state index contributed by atoms with van der Waals surface area (Å²) in [6, 6.07) is 0. The maximum atomic E-state index is 9.00. The van der Waals surface area contributed by atoms with E-state index in [1.807, 2.05) is 0 Å². The molecule has 2 heterocycles. The van der Waals surface area contributed by atoms with Crippen LogP contribution in [-0.4, -0.2) is 49.3 Å². The van der Waals surface area contributed by atoms with E-state index in [0.717, 1.165) is 18.3 Å². The summed E-state index contributed by atoms with van der Waals surface area (Å²) in [6.07, 6.45) is 6.35. The van der Waals surface area contributed by atoms with Gasteiger partial charge in [-0.05, 0) is 63.6 Å². The Morgan fingerprint density at radius 2 is 1.94 bits per heavy atom. The van der Waals surface area contributed by atoms with Gasteiger partial charge in [0, 0.05) is 19.7 Å². The fourth-order valence-corrected chi connectivity index (χ4v) is 3.16. The molecule has 2 aliphatic rings. The van der Waals surface area contributed by atoms with Crippen molar-refractivity contribution in [1.29, 1.82) is 0 Å². The van der Waals surface area contributed by atoms with Gasteiger partial charge in [0.15, 0.2) is 0 Å². The number of aliphatic hydroxyl groups excluding tert-OH is 1. The molecule has 0 saturated carbocycles. The second kappa shape index (κ2) is 6.58. The third-order valence-corrected chi connectivity index (χ3v) is 4.12. The molecule has 2 N–H and O–H groups in total. The van der Waals surface area contributed by atoms with Crippen molar-refractivity contribution in [3.05, 3.63) is 0 Å². The first-order chi connectivity index (χ1) is 7.88. The van der Waals surface area contributed by atoms with Crippen LogP contribution >= 0.6 is 0 Å². The molecule has 1 unspecified atom stereocenters. The predicted molar refractivity (Wildman–Crippen MR) is 66.5 cm³/mol. The molecule has 2 fully saturated rings. The summed E-state index contributed by atoms with van der Waals surface area (Å²) in [5, 5.41) is 12.4. The van der Waals surface area contributed by atoms with E-state index in [0.29, 0.717) is 6.61 Å². The summed E-state index contributed by atoms with van der Waals surface area (Å²) in [7, 11) is 0. The Morgan fingerprint density at radius 3 is 2.69 bits per heavy atom. The summed E-state index contributed by atoms with van der Waals surface area (Å²) in [5.41, 5.74) is 0. The summed E-state index contributed by atoms with van der Waals surface area (Å²) in [4.78, 5) is 2.64. The van der Waals surface area contributed by atoms with Crippen molar-refractivity contribution in [1.82, 2.24) is 10.2 Å². The Bertz CT molecular complexity index is 190. The third kappa shape index (κ3) is 3.72. The number of hydrogen-bond donors (Lipinski definition) is 2. The summed E-state index contributed by atoms with van der Waals surface area (Å²) >= 11 is 0. The van der Waals surface area contributed by atoms with E-state index in [4.69, 9.17) is 5.11 Å². The average molecular weight is 226 g/mol. The van der Waals surface area contributed by atoms with Crippen LogP contribution in [0.5, 0.6) is 0 Å². The molecule has 3 heteroatoms. The summed E-state index contributed by atoms with van der Waals surface area (Å²) in [6.45, 7) is 6.59. The quantitative estimate of drug-likeness (QED) is 0.753. The average Bonchev–Trinajstić information content (AvgIpc) is 2.31. The van der Waals surface area contributed by atoms with E-state index in [1.165, 1.54) is 58.4 Å². The van der Waals surface area contributed by atoms with Crippen molar-refractivity contribution in [3.8, 4) is 0 Å². The van der Waals surface area contributed by atoms with Crippen LogP contribution in [0, 0.1) is 11.8 Å². The van der Waals surface area contributed by atoms with Gasteiger partial charge in [0.1, 0.15) is 0 Å². The topological polar surface area (TPSA) is 35.5 Å². The summed E-state index contributed by atoms with van der Waals surface area (Å²) in [5.74, 6) is 1.66. The van der Waals surface area contributed by atoms with Gasteiger partial charge < -0.3 is 15.3 Å². The van der Waals surface area contributed by atoms with Crippen molar-refractivity contribution in [2.45, 2.75) is 32.1 Å². The van der Waals surface area contributed by atoms with E-state index in [9.17, 15) is 0 Å². The second-order valence-corrected chi connectivity index (χ2v) is 5.47. The fourth-order valence-electron chi connectivity index (χ4n) is 3.16. The molecule has 0 aromatic heterocycles. The van der Waals surface area contributed by atoms with Gasteiger partial charge in [-0.1, -0.05) is 0 Å². The minimum Gasteiger partial charge on any atom is -0.396 e. The lowest BCUT2D eigenvalue weighted by Crippen LogP contribution is -2.41. The van der Waals surface area contributed by atoms with Gasteiger partial charge in [-0.15, -0.1) is 0 Å². The summed E-state index contributed by atoms with van der Waals surface area (Å²) < 4.78 is 0. The lowest BCUT2D eigenvalue weighted by atomic mass is 9.92. The van der Waals surface area contributed by atoms with Crippen LogP contribution in [0.4, 0.5) is 0 Å². The zero-order valence-corrected chi connectivity index (χ0v) is 10.3. The zero-order valence-electron chi connectivity index (χ0n) is 10.3. The van der Waals surface area contributed by atoms with Crippen LogP contribution in [0.25, 0.3) is 0 Å². The minimum atomic E-state index is 0.367. The molecular formula is C13H26N2O. The van der Waals surface area contributed by atoms with Gasteiger partial charge in [-0.3, -0.25) is 0 Å². The Kier molecular flexibility index (Phi) is 5.07. The standard InChI is InChI=1S/C13H26N2O/c16-9-5-12-2-1-8-15(10-12)11-13-3-6-14-7-4-13/h12-14,16H,1-11H2. The van der Waals surface area contributed by atoms with Gasteiger partial charge in [-0.2, -0.15) is 0 Å². The van der Waals surface area contributed by atoms with Crippen LogP contribution in [0.1, 0.15) is 32.1 Å². The highest BCUT2D eigenvalue weighted by atomic mass is 16.3. The molecule has 94 valence electrons. The van der Waals surface area contributed by atoms with Gasteiger partial charge >= 0.3 is 0 Å². The molecule has 2 rings (SSSR count). The van der Waals surface area contributed by atoms with Gasteiger partial charge in [0.2, 0.25) is 0 Å². The van der Waals surface area contributed by atoms with Gasteiger partial charge in [-0.25, -0.2) is 0 Å². The maximum absolute atomic E-state index is 9.00. The van der Waals surface area contributed by atoms with E-state index in [1.54, 1.807) is 0 Å². The van der Waals surface area contributed by atoms with E-state index < -0.39 is 0 Å². The van der Waals surface area contributed by atoms with Crippen LogP contribution in [0.3, 0.4) is 0 Å². The van der Waals surface area contributed by atoms with Crippen LogP contribution in [-0.2, 0) is 0 Å². The fraction of sp³-hybridized carbons (Fsp3) is 1.00. The van der Waals surface area contributed by atoms with Crippen molar-refractivity contribution in [2.24, 2.45) is 11.8 Å². The maximum Gasteiger partial charge on any atom is 0.0434 e. The van der Waals surface area contributed by atoms with E-state index in [-0.39, 0.29) is 0 Å². The molecule has 0 bridgehead atoms. The van der Waals surface area contributed by atoms with Gasteiger partial charge in [0.05, 0.1) is 0 Å². The highest BCUT2D eigenvalue weighted by Crippen LogP contribution is 2.22. The minimum absolute atomic E-state index is 0.367. The molecular weight excluding hydrogens is 200 g/mol. The number of likely N-dealkylation sites (tertiary alicyclic amines) is 1. The zero-order chi connectivity index (χ0) is 11.2. The number of aliphatic hydroxyl groups is 1. The van der Waals surface area contributed by atoms with Crippen LogP contribution in [0.15, 0.2) is 0 Å². The molecule has 2 aliphatic heterocycles. The van der Waals surface area contributed by atoms with Crippen LogP contribution in [0.2, 0.25) is 0 Å². The van der Waals surface area contributed by atoms with Crippen molar-refractivity contribution >= 4 is 0 Å². The monoisotopic (exact) mass is 226 g/mol. The molecule has 3 nitrogen and oxygen atoms in total. The molecule has 1 atom stereocenters. The predicted octanol–water partition coefficient (Wildman–Crippen LogP) is 1.08. The van der Waals surface area contributed by atoms with Crippen molar-refractivity contribution < 1.29 is 5.11 Å². The highest BCUT2D eigenvalue weighted by Gasteiger charge is 2.22. The SMILES string of the molecule is OCCC1CCCN(CC2CCNCC2)C1. The second-order valence-electron chi connectivity index (χ2n) is 5.47. The number of nitrogens with one attached hydrogen (secondary N) is 1. The lowest BCUT2D eigenvalue weighted by molar-refractivity contribution is 0.123. The number of piperidine rings is 2. The van der Waals surface area contributed by atoms with Crippen LogP contribution < -0.4 is 5.32 Å². The molecule has 0 radical (unpaired) electrons. The van der Waals surface area contributed by atoms with Crippen molar-refractivity contribution in [2.75, 3.05) is 39.3 Å². The molecule has 0 spiro atoms. The van der Waals surface area contributed by atoms with Crippen molar-refractivity contribution in [3.63, 3.8) is 0 Å². The smallest absolute Gasteiger partial charge is 0.0434 e. The largest absolute Gasteiger partial charge is 0.396 e. The van der Waals surface area contributed by atoms with E-state index in [2.05, 4.69) is 10.2 Å². The molecule has 2 saturated heterocycles. The third-order valence-electron chi connectivity index (χ3n) is 4.12. The first-order valence-corrected chi connectivity index (χ1v) is 6.92. The molecule has 0 aromatic rings. The Balaban J connectivity index is 1.71. The normalized spacial score (nSPS) is 29.4. The molecule has 0 amide bonds. The number of rotatable bonds is 4. The Labute approximate surface area is 99.2 Å². The number of hydrogen-bond acceptors (Lipinski definition) is 3. The Hall–Kier alpha value is -0.120. The number of nitrogens with zero attached hydrogens (tertiary/aromatic N) is 1. The highest BCUT2D eigenvalue weighted by molar-refractivity contribution is 4.77. The first-order valence-electron chi connectivity index (χ1n) is 6.92. The molecule has 0 aromatic carbocycles. The molecule has 0 aliphatic carbocycles. The van der Waals surface area contributed by atoms with Gasteiger partial charge in [0.25, 0.3) is 0 Å². The molecule has 16 heavy (non-hydrogen) atoms. The van der Waals surface area contributed by atoms with E-state index >= 15 is 0 Å². The lowest BCUT2D eigenvalue weighted by Gasteiger charge is -2.36. The Morgan fingerprint density at radius 1 is 1.12 bits per heavy atom.